The van der Waals surface area contributed by atoms with Gasteiger partial charge >= 0.3 is 18.1 Å². The van der Waals surface area contributed by atoms with Gasteiger partial charge < -0.3 is 10.2 Å². The van der Waals surface area contributed by atoms with Crippen molar-refractivity contribution < 1.29 is 37.8 Å². The van der Waals surface area contributed by atoms with Gasteiger partial charge in [0.2, 0.25) is 0 Å². The van der Waals surface area contributed by atoms with Crippen LogP contribution in [0.4, 0.5) is 13.2 Å². The van der Waals surface area contributed by atoms with E-state index in [0.717, 1.165) is 6.92 Å². The van der Waals surface area contributed by atoms with Gasteiger partial charge in [-0.15, -0.1) is 0 Å². The molecule has 8 heteroatoms. The Labute approximate surface area is 94.2 Å². The summed E-state index contributed by atoms with van der Waals surface area (Å²) in [7, 11) is 0. The van der Waals surface area contributed by atoms with Gasteiger partial charge in [-0.1, -0.05) is 6.92 Å². The predicted molar refractivity (Wildman–Crippen MR) is 48.2 cm³/mol. The normalized spacial score (nSPS) is 17.0. The number of rotatable bonds is 5. The van der Waals surface area contributed by atoms with Gasteiger partial charge in [-0.05, 0) is 13.3 Å². The number of carboxylic acid groups (broad SMARTS) is 2. The summed E-state index contributed by atoms with van der Waals surface area (Å²) in [6, 6.07) is 0. The van der Waals surface area contributed by atoms with Crippen molar-refractivity contribution in [2.24, 2.45) is 11.3 Å². The Morgan fingerprint density at radius 1 is 1.18 bits per heavy atom. The first-order valence-electron chi connectivity index (χ1n) is 4.55. The SMILES string of the molecule is CCC(C)(C(=O)O)C(C(=O)O)C(=O)C(F)(F)F. The van der Waals surface area contributed by atoms with Gasteiger partial charge in [0.05, 0.1) is 5.41 Å². The van der Waals surface area contributed by atoms with Gasteiger partial charge in [-0.3, -0.25) is 14.4 Å². The largest absolute Gasteiger partial charge is 0.481 e. The van der Waals surface area contributed by atoms with E-state index in [0.29, 0.717) is 0 Å². The number of halogens is 3. The summed E-state index contributed by atoms with van der Waals surface area (Å²) < 4.78 is 36.6. The Kier molecular flexibility index (Phi) is 4.28. The van der Waals surface area contributed by atoms with E-state index in [9.17, 15) is 27.6 Å². The monoisotopic (exact) mass is 256 g/mol. The summed E-state index contributed by atoms with van der Waals surface area (Å²) in [4.78, 5) is 32.5. The average molecular weight is 256 g/mol. The highest BCUT2D eigenvalue weighted by Gasteiger charge is 2.56. The van der Waals surface area contributed by atoms with Gasteiger partial charge in [0.1, 0.15) is 5.92 Å². The first-order chi connectivity index (χ1) is 7.48. The Morgan fingerprint density at radius 2 is 1.59 bits per heavy atom. The van der Waals surface area contributed by atoms with E-state index in [-0.39, 0.29) is 0 Å². The van der Waals surface area contributed by atoms with Crippen LogP contribution in [0.2, 0.25) is 0 Å². The second kappa shape index (κ2) is 4.72. The summed E-state index contributed by atoms with van der Waals surface area (Å²) in [5.74, 6) is -9.06. The van der Waals surface area contributed by atoms with Crippen LogP contribution in [-0.4, -0.2) is 34.1 Å². The minimum absolute atomic E-state index is 0.416. The van der Waals surface area contributed by atoms with Gasteiger partial charge in [0, 0.05) is 0 Å². The number of carboxylic acids is 2. The molecule has 0 fully saturated rings. The van der Waals surface area contributed by atoms with E-state index < -0.39 is 41.7 Å². The Balaban J connectivity index is 5.62. The quantitative estimate of drug-likeness (QED) is 0.724. The fourth-order valence-corrected chi connectivity index (χ4v) is 1.32. The third kappa shape index (κ3) is 2.95. The van der Waals surface area contributed by atoms with Gasteiger partial charge in [-0.2, -0.15) is 13.2 Å². The van der Waals surface area contributed by atoms with Crippen molar-refractivity contribution in [3.05, 3.63) is 0 Å². The summed E-state index contributed by atoms with van der Waals surface area (Å²) >= 11 is 0. The highest BCUT2D eigenvalue weighted by Crippen LogP contribution is 2.36. The van der Waals surface area contributed by atoms with E-state index in [1.165, 1.54) is 6.92 Å². The molecule has 0 saturated carbocycles. The van der Waals surface area contributed by atoms with Crippen LogP contribution in [-0.2, 0) is 14.4 Å². The first-order valence-corrected chi connectivity index (χ1v) is 4.55. The molecule has 2 N–H and O–H groups in total. The van der Waals surface area contributed by atoms with Crippen molar-refractivity contribution in [1.29, 1.82) is 0 Å². The van der Waals surface area contributed by atoms with E-state index >= 15 is 0 Å². The molecule has 0 rings (SSSR count). The minimum Gasteiger partial charge on any atom is -0.481 e. The smallest absolute Gasteiger partial charge is 0.450 e. The fraction of sp³-hybridized carbons (Fsp3) is 0.667. The molecule has 0 aromatic heterocycles. The zero-order chi connectivity index (χ0) is 14.0. The van der Waals surface area contributed by atoms with Crippen LogP contribution in [0, 0.1) is 11.3 Å². The first kappa shape index (κ1) is 15.4. The van der Waals surface area contributed by atoms with Crippen molar-refractivity contribution in [2.45, 2.75) is 26.4 Å². The molecule has 0 aliphatic rings. The molecular formula is C9H11F3O5. The van der Waals surface area contributed by atoms with Gasteiger partial charge in [0.25, 0.3) is 5.78 Å². The Hall–Kier alpha value is -1.60. The predicted octanol–water partition coefficient (Wildman–Crippen LogP) is 1.32. The van der Waals surface area contributed by atoms with Crippen LogP contribution < -0.4 is 0 Å². The minimum atomic E-state index is -5.38. The molecule has 0 aliphatic heterocycles. The molecule has 2 atom stereocenters. The maximum absolute atomic E-state index is 12.2. The summed E-state index contributed by atoms with van der Waals surface area (Å²) in [5, 5.41) is 17.4. The molecular weight excluding hydrogens is 245 g/mol. The zero-order valence-electron chi connectivity index (χ0n) is 9.04. The van der Waals surface area contributed by atoms with Crippen LogP contribution in [0.3, 0.4) is 0 Å². The summed E-state index contributed by atoms with van der Waals surface area (Å²) in [6.07, 6.45) is -5.80. The van der Waals surface area contributed by atoms with E-state index in [1.807, 2.05) is 0 Å². The maximum atomic E-state index is 12.2. The number of Topliss-reactive ketones (excluding diaryl/α,β-unsaturated/α-hetero) is 1. The number of alkyl halides is 3. The molecule has 5 nitrogen and oxygen atoms in total. The summed E-state index contributed by atoms with van der Waals surface area (Å²) in [6.45, 7) is 2.01. The summed E-state index contributed by atoms with van der Waals surface area (Å²) in [5.41, 5.74) is -2.29. The van der Waals surface area contributed by atoms with Crippen LogP contribution in [0.25, 0.3) is 0 Å². The molecule has 0 heterocycles. The van der Waals surface area contributed by atoms with Crippen molar-refractivity contribution in [3.63, 3.8) is 0 Å². The van der Waals surface area contributed by atoms with Crippen molar-refractivity contribution in [3.8, 4) is 0 Å². The van der Waals surface area contributed by atoms with Crippen LogP contribution in [0.5, 0.6) is 0 Å². The number of aliphatic carboxylic acids is 2. The van der Waals surface area contributed by atoms with E-state index in [1.54, 1.807) is 0 Å². The lowest BCUT2D eigenvalue weighted by Gasteiger charge is -2.29. The lowest BCUT2D eigenvalue weighted by atomic mass is 9.72. The maximum Gasteiger partial charge on any atom is 0.450 e. The van der Waals surface area contributed by atoms with E-state index in [2.05, 4.69) is 0 Å². The number of carbonyl (C=O) groups is 3. The highest BCUT2D eigenvalue weighted by molar-refractivity contribution is 6.05. The Bertz CT molecular complexity index is 349. The molecule has 0 amide bonds. The molecule has 0 aromatic rings. The topological polar surface area (TPSA) is 91.7 Å². The molecule has 0 spiro atoms. The van der Waals surface area contributed by atoms with Crippen LogP contribution in [0.15, 0.2) is 0 Å². The molecule has 17 heavy (non-hydrogen) atoms. The van der Waals surface area contributed by atoms with Crippen molar-refractivity contribution >= 4 is 17.7 Å². The third-order valence-electron chi connectivity index (χ3n) is 2.65. The van der Waals surface area contributed by atoms with E-state index in [4.69, 9.17) is 10.2 Å². The molecule has 2 unspecified atom stereocenters. The molecule has 0 aromatic carbocycles. The number of hydrogen-bond acceptors (Lipinski definition) is 3. The van der Waals surface area contributed by atoms with Crippen molar-refractivity contribution in [1.82, 2.24) is 0 Å². The molecule has 98 valence electrons. The average Bonchev–Trinajstić information content (AvgIpc) is 2.15. The van der Waals surface area contributed by atoms with Crippen molar-refractivity contribution in [2.75, 3.05) is 0 Å². The van der Waals surface area contributed by atoms with Gasteiger partial charge in [0.15, 0.2) is 0 Å². The number of carbonyl (C=O) groups excluding carboxylic acids is 1. The Morgan fingerprint density at radius 3 is 1.76 bits per heavy atom. The highest BCUT2D eigenvalue weighted by atomic mass is 19.4. The number of ketones is 1. The lowest BCUT2D eigenvalue weighted by Crippen LogP contribution is -2.48. The molecule has 0 saturated heterocycles. The van der Waals surface area contributed by atoms with Gasteiger partial charge in [-0.25, -0.2) is 0 Å². The molecule has 0 aliphatic carbocycles. The second-order valence-corrected chi connectivity index (χ2v) is 3.71. The fourth-order valence-electron chi connectivity index (χ4n) is 1.32. The molecule has 0 radical (unpaired) electrons. The molecule has 0 bridgehead atoms. The number of hydrogen-bond donors (Lipinski definition) is 2. The van der Waals surface area contributed by atoms with Crippen LogP contribution >= 0.6 is 0 Å². The third-order valence-corrected chi connectivity index (χ3v) is 2.65. The lowest BCUT2D eigenvalue weighted by molar-refractivity contribution is -0.188. The van der Waals surface area contributed by atoms with Crippen LogP contribution in [0.1, 0.15) is 20.3 Å². The second-order valence-electron chi connectivity index (χ2n) is 3.71. The standard InChI is InChI=1S/C9H11F3O5/c1-3-8(2,7(16)17)4(6(14)15)5(13)9(10,11)12/h4H,3H2,1-2H3,(H,14,15)(H,16,17). The zero-order valence-corrected chi connectivity index (χ0v) is 9.04.